The Hall–Kier alpha value is -3.04. The number of aliphatic hydroxyl groups excluding tert-OH is 1. The van der Waals surface area contributed by atoms with Gasteiger partial charge in [0.15, 0.2) is 5.66 Å². The van der Waals surface area contributed by atoms with Gasteiger partial charge in [-0.05, 0) is 23.6 Å². The first-order chi connectivity index (χ1) is 13.7. The Bertz CT molecular complexity index is 855. The Morgan fingerprint density at radius 3 is 1.39 bits per heavy atom. The lowest BCUT2D eigenvalue weighted by Crippen LogP contribution is -2.51. The lowest BCUT2D eigenvalue weighted by molar-refractivity contribution is 0.133. The van der Waals surface area contributed by atoms with Crippen molar-refractivity contribution in [2.45, 2.75) is 30.5 Å². The fourth-order valence-corrected chi connectivity index (χ4v) is 4.47. The van der Waals surface area contributed by atoms with E-state index in [0.717, 1.165) is 16.7 Å². The Balaban J connectivity index is 2.13. The van der Waals surface area contributed by atoms with Crippen LogP contribution in [0.1, 0.15) is 30.0 Å². The highest BCUT2D eigenvalue weighted by Gasteiger charge is 2.56. The van der Waals surface area contributed by atoms with Crippen LogP contribution in [0.25, 0.3) is 0 Å². The maximum absolute atomic E-state index is 10.4. The molecule has 3 aromatic rings. The van der Waals surface area contributed by atoms with Gasteiger partial charge < -0.3 is 5.11 Å². The molecule has 1 atom stereocenters. The van der Waals surface area contributed by atoms with E-state index in [4.69, 9.17) is 9.98 Å². The summed E-state index contributed by atoms with van der Waals surface area (Å²) in [5, 5.41) is 10.4. The van der Waals surface area contributed by atoms with Gasteiger partial charge in [0.05, 0.1) is 11.5 Å². The Labute approximate surface area is 166 Å². The van der Waals surface area contributed by atoms with Gasteiger partial charge in [0.25, 0.3) is 0 Å². The summed E-state index contributed by atoms with van der Waals surface area (Å²) < 4.78 is 0. The van der Waals surface area contributed by atoms with Gasteiger partial charge in [-0.1, -0.05) is 91.0 Å². The van der Waals surface area contributed by atoms with Crippen LogP contribution >= 0.6 is 0 Å². The van der Waals surface area contributed by atoms with Crippen LogP contribution in [-0.4, -0.2) is 29.3 Å². The van der Waals surface area contributed by atoms with Crippen molar-refractivity contribution in [1.29, 1.82) is 0 Å². The van der Waals surface area contributed by atoms with Gasteiger partial charge in [0.1, 0.15) is 0 Å². The Morgan fingerprint density at radius 1 is 0.714 bits per heavy atom. The molecule has 0 amide bonds. The molecule has 0 unspecified atom stereocenters. The fraction of sp³-hybridized carbons (Fsp3) is 0.200. The molecule has 0 bridgehead atoms. The number of benzene rings is 3. The monoisotopic (exact) mass is 368 g/mol. The zero-order valence-corrected chi connectivity index (χ0v) is 15.9. The first-order valence-corrected chi connectivity index (χ1v) is 9.63. The van der Waals surface area contributed by atoms with Gasteiger partial charge in [-0.3, -0.25) is 9.98 Å². The highest BCUT2D eigenvalue weighted by Crippen LogP contribution is 2.52. The number of hydrogen-bond acceptors (Lipinski definition) is 3. The Morgan fingerprint density at radius 2 is 1.07 bits per heavy atom. The van der Waals surface area contributed by atoms with Crippen molar-refractivity contribution in [3.8, 4) is 0 Å². The SMILES string of the molecule is C[C@H](O)CC1(C(c2ccccc2)(c2ccccc2)c2ccccc2)N=CC=N1. The third-order valence-electron chi connectivity index (χ3n) is 5.44. The van der Waals surface area contributed by atoms with E-state index < -0.39 is 17.2 Å². The van der Waals surface area contributed by atoms with Gasteiger partial charge in [-0.25, -0.2) is 0 Å². The summed E-state index contributed by atoms with van der Waals surface area (Å²) in [6, 6.07) is 31.2. The molecule has 28 heavy (non-hydrogen) atoms. The molecule has 1 N–H and O–H groups in total. The van der Waals surface area contributed by atoms with E-state index in [1.54, 1.807) is 19.4 Å². The lowest BCUT2D eigenvalue weighted by Gasteiger charge is -2.47. The van der Waals surface area contributed by atoms with Crippen LogP contribution in [0.15, 0.2) is 101 Å². The molecule has 1 aliphatic rings. The summed E-state index contributed by atoms with van der Waals surface area (Å²) in [4.78, 5) is 9.80. The van der Waals surface area contributed by atoms with E-state index in [9.17, 15) is 5.11 Å². The van der Waals surface area contributed by atoms with Gasteiger partial charge in [0.2, 0.25) is 0 Å². The van der Waals surface area contributed by atoms with Gasteiger partial charge in [0, 0.05) is 18.9 Å². The van der Waals surface area contributed by atoms with Crippen LogP contribution < -0.4 is 0 Å². The predicted octanol–water partition coefficient (Wildman–Crippen LogP) is 4.64. The first-order valence-electron chi connectivity index (χ1n) is 9.63. The molecule has 3 aromatic carbocycles. The van der Waals surface area contributed by atoms with Gasteiger partial charge in [-0.2, -0.15) is 0 Å². The zero-order valence-electron chi connectivity index (χ0n) is 15.9. The first kappa shape index (κ1) is 18.3. The quantitative estimate of drug-likeness (QED) is 0.633. The van der Waals surface area contributed by atoms with Crippen molar-refractivity contribution in [3.05, 3.63) is 108 Å². The van der Waals surface area contributed by atoms with E-state index in [0.29, 0.717) is 6.42 Å². The van der Waals surface area contributed by atoms with Gasteiger partial charge in [-0.15, -0.1) is 0 Å². The second kappa shape index (κ2) is 7.53. The standard InChI is InChI=1S/C25H24N2O/c1-20(28)19-24(26-17-18-27-24)25(21-11-5-2-6-12-21,22-13-7-3-8-14-22)23-15-9-4-10-16-23/h2-18,20,28H,19H2,1H3/t20-/m0/s1. The largest absolute Gasteiger partial charge is 0.393 e. The van der Waals surface area contributed by atoms with Gasteiger partial charge >= 0.3 is 0 Å². The van der Waals surface area contributed by atoms with E-state index in [-0.39, 0.29) is 0 Å². The summed E-state index contributed by atoms with van der Waals surface area (Å²) in [7, 11) is 0. The minimum absolute atomic E-state index is 0.415. The summed E-state index contributed by atoms with van der Waals surface area (Å²) in [5.41, 5.74) is 1.76. The molecule has 0 fully saturated rings. The molecule has 0 aliphatic carbocycles. The number of aliphatic hydroxyl groups is 1. The molecule has 4 rings (SSSR count). The maximum Gasteiger partial charge on any atom is 0.170 e. The van der Waals surface area contributed by atoms with Crippen LogP contribution in [0, 0.1) is 0 Å². The van der Waals surface area contributed by atoms with Crippen LogP contribution in [-0.2, 0) is 5.41 Å². The third-order valence-corrected chi connectivity index (χ3v) is 5.44. The smallest absolute Gasteiger partial charge is 0.170 e. The molecule has 1 aliphatic heterocycles. The molecule has 0 saturated carbocycles. The highest BCUT2D eigenvalue weighted by atomic mass is 16.3. The van der Waals surface area contributed by atoms with Crippen molar-refractivity contribution in [1.82, 2.24) is 0 Å². The molecule has 1 heterocycles. The van der Waals surface area contributed by atoms with Crippen LogP contribution in [0.4, 0.5) is 0 Å². The average Bonchev–Trinajstić information content (AvgIpc) is 3.20. The summed E-state index contributed by atoms with van der Waals surface area (Å²) >= 11 is 0. The maximum atomic E-state index is 10.4. The number of rotatable bonds is 6. The lowest BCUT2D eigenvalue weighted by atomic mass is 9.60. The minimum atomic E-state index is -0.870. The van der Waals surface area contributed by atoms with Crippen LogP contribution in [0.3, 0.4) is 0 Å². The molecule has 3 heteroatoms. The summed E-state index contributed by atoms with van der Waals surface area (Å²) in [6.45, 7) is 1.80. The number of nitrogens with zero attached hydrogens (tertiary/aromatic N) is 2. The van der Waals surface area contributed by atoms with Crippen molar-refractivity contribution >= 4 is 12.4 Å². The number of aliphatic imine (C=N–C) groups is 2. The number of hydrogen-bond donors (Lipinski definition) is 1. The second-order valence-electron chi connectivity index (χ2n) is 7.27. The third kappa shape index (κ3) is 2.88. The van der Waals surface area contributed by atoms with Crippen LogP contribution in [0.2, 0.25) is 0 Å². The molecule has 0 saturated heterocycles. The molecule has 3 nitrogen and oxygen atoms in total. The molecule has 0 spiro atoms. The molecular formula is C25H24N2O. The summed E-state index contributed by atoms with van der Waals surface area (Å²) in [5.74, 6) is 0. The van der Waals surface area contributed by atoms with Crippen LogP contribution in [0.5, 0.6) is 0 Å². The van der Waals surface area contributed by atoms with E-state index in [2.05, 4.69) is 72.8 Å². The van der Waals surface area contributed by atoms with Crippen molar-refractivity contribution < 1.29 is 5.11 Å². The normalized spacial score (nSPS) is 16.2. The summed E-state index contributed by atoms with van der Waals surface area (Å²) in [6.07, 6.45) is 3.37. The predicted molar refractivity (Wildman–Crippen MR) is 115 cm³/mol. The second-order valence-corrected chi connectivity index (χ2v) is 7.27. The topological polar surface area (TPSA) is 45.0 Å². The van der Waals surface area contributed by atoms with Crippen molar-refractivity contribution in [2.75, 3.05) is 0 Å². The molecule has 140 valence electrons. The average molecular weight is 368 g/mol. The molecule has 0 radical (unpaired) electrons. The Kier molecular flexibility index (Phi) is 4.93. The van der Waals surface area contributed by atoms with E-state index >= 15 is 0 Å². The van der Waals surface area contributed by atoms with Crippen molar-refractivity contribution in [2.24, 2.45) is 9.98 Å². The highest BCUT2D eigenvalue weighted by molar-refractivity contribution is 6.18. The van der Waals surface area contributed by atoms with E-state index in [1.807, 2.05) is 18.2 Å². The molecule has 0 aromatic heterocycles. The van der Waals surface area contributed by atoms with Crippen molar-refractivity contribution in [3.63, 3.8) is 0 Å². The zero-order chi connectivity index (χ0) is 19.5. The molecular weight excluding hydrogens is 344 g/mol. The minimum Gasteiger partial charge on any atom is -0.393 e. The van der Waals surface area contributed by atoms with E-state index in [1.165, 1.54) is 0 Å². The fourth-order valence-electron chi connectivity index (χ4n) is 4.47.